The summed E-state index contributed by atoms with van der Waals surface area (Å²) in [5.41, 5.74) is 0. The van der Waals surface area contributed by atoms with Crippen LogP contribution in [-0.2, 0) is 23.1 Å². The molecular formula is C27H58NO6P. The minimum atomic E-state index is -4.06. The summed E-state index contributed by atoms with van der Waals surface area (Å²) in [6.45, 7) is 3.94. The van der Waals surface area contributed by atoms with E-state index < -0.39 is 13.9 Å². The largest absolute Gasteiger partial charge is 0.472 e. The molecule has 0 heterocycles. The Labute approximate surface area is 217 Å². The van der Waals surface area contributed by atoms with Crippen LogP contribution in [-0.4, -0.2) is 70.1 Å². The molecule has 7 nitrogen and oxygen atoms in total. The number of likely N-dealkylation sites (N-methyl/N-ethyl adjacent to an activating group) is 1. The zero-order valence-electron chi connectivity index (χ0n) is 23.5. The van der Waals surface area contributed by atoms with Gasteiger partial charge in [0, 0.05) is 20.3 Å². The van der Waals surface area contributed by atoms with E-state index in [1.54, 1.807) is 7.11 Å². The Bertz CT molecular complexity index is 481. The third-order valence-corrected chi connectivity index (χ3v) is 7.23. The van der Waals surface area contributed by atoms with Gasteiger partial charge in [0.25, 0.3) is 0 Å². The van der Waals surface area contributed by atoms with Crippen LogP contribution in [0.2, 0.25) is 0 Å². The number of phosphoric ester groups is 1. The zero-order chi connectivity index (χ0) is 26.0. The van der Waals surface area contributed by atoms with Gasteiger partial charge in [0.2, 0.25) is 0 Å². The molecule has 2 atom stereocenters. The summed E-state index contributed by atoms with van der Waals surface area (Å²) in [6, 6.07) is 0. The van der Waals surface area contributed by atoms with Crippen molar-refractivity contribution in [2.75, 3.05) is 54.2 Å². The lowest BCUT2D eigenvalue weighted by molar-refractivity contribution is -0.0222. The van der Waals surface area contributed by atoms with Crippen LogP contribution < -0.4 is 0 Å². The molecule has 0 aliphatic heterocycles. The van der Waals surface area contributed by atoms with Crippen LogP contribution in [0.3, 0.4) is 0 Å². The third-order valence-electron chi connectivity index (χ3n) is 6.25. The number of methoxy groups -OCH3 is 1. The Kier molecular flexibility index (Phi) is 25.6. The maximum Gasteiger partial charge on any atom is 0.472 e. The lowest BCUT2D eigenvalue weighted by Crippen LogP contribution is -2.24. The summed E-state index contributed by atoms with van der Waals surface area (Å²) in [5, 5.41) is 0. The maximum atomic E-state index is 11.9. The fourth-order valence-electron chi connectivity index (χ4n) is 3.88. The Morgan fingerprint density at radius 3 is 1.57 bits per heavy atom. The van der Waals surface area contributed by atoms with Crippen LogP contribution in [0.25, 0.3) is 0 Å². The summed E-state index contributed by atoms with van der Waals surface area (Å²) in [4.78, 5) is 11.6. The topological polar surface area (TPSA) is 77.5 Å². The van der Waals surface area contributed by atoms with E-state index in [0.29, 0.717) is 19.8 Å². The van der Waals surface area contributed by atoms with Crippen molar-refractivity contribution in [1.29, 1.82) is 0 Å². The van der Waals surface area contributed by atoms with E-state index in [9.17, 15) is 9.46 Å². The smallest absolute Gasteiger partial charge is 0.379 e. The third kappa shape index (κ3) is 26.9. The number of rotatable bonds is 28. The van der Waals surface area contributed by atoms with Crippen LogP contribution in [0.5, 0.6) is 0 Å². The van der Waals surface area contributed by atoms with Crippen molar-refractivity contribution in [3.8, 4) is 0 Å². The van der Waals surface area contributed by atoms with Crippen molar-refractivity contribution < 1.29 is 28.0 Å². The van der Waals surface area contributed by atoms with E-state index in [0.717, 1.165) is 6.42 Å². The van der Waals surface area contributed by atoms with Crippen molar-refractivity contribution >= 4 is 7.82 Å². The number of hydrogen-bond donors (Lipinski definition) is 1. The molecule has 0 aromatic heterocycles. The zero-order valence-corrected chi connectivity index (χ0v) is 24.4. The highest BCUT2D eigenvalue weighted by Gasteiger charge is 2.23. The van der Waals surface area contributed by atoms with E-state index in [1.165, 1.54) is 103 Å². The molecule has 0 rings (SSSR count). The van der Waals surface area contributed by atoms with Crippen molar-refractivity contribution in [3.63, 3.8) is 0 Å². The van der Waals surface area contributed by atoms with E-state index in [4.69, 9.17) is 18.5 Å². The van der Waals surface area contributed by atoms with Gasteiger partial charge in [0.05, 0.1) is 19.8 Å². The number of ether oxygens (including phenoxy) is 2. The van der Waals surface area contributed by atoms with Gasteiger partial charge in [0.1, 0.15) is 6.10 Å². The molecule has 0 amide bonds. The summed E-state index contributed by atoms with van der Waals surface area (Å²) in [6.07, 6.45) is 22.7. The number of hydrogen-bond acceptors (Lipinski definition) is 6. The molecule has 35 heavy (non-hydrogen) atoms. The van der Waals surface area contributed by atoms with E-state index in [-0.39, 0.29) is 13.2 Å². The molecule has 0 radical (unpaired) electrons. The first-order valence-corrected chi connectivity index (χ1v) is 15.8. The Morgan fingerprint density at radius 2 is 1.14 bits per heavy atom. The van der Waals surface area contributed by atoms with Gasteiger partial charge in [-0.2, -0.15) is 0 Å². The maximum absolute atomic E-state index is 11.9. The van der Waals surface area contributed by atoms with Crippen LogP contribution in [0.15, 0.2) is 0 Å². The minimum absolute atomic E-state index is 0.0364. The molecule has 1 N–H and O–H groups in total. The second-order valence-electron chi connectivity index (χ2n) is 9.99. The molecule has 8 heteroatoms. The SMILES string of the molecule is CCCCCCCCCCCCCCCCCCCOCC(COP(=O)(O)OCCN(C)C)OC. The molecule has 2 unspecified atom stereocenters. The van der Waals surface area contributed by atoms with Gasteiger partial charge in [0.15, 0.2) is 0 Å². The van der Waals surface area contributed by atoms with Crippen LogP contribution in [0, 0.1) is 0 Å². The molecule has 0 aliphatic rings. The van der Waals surface area contributed by atoms with E-state index in [1.807, 2.05) is 19.0 Å². The molecular weight excluding hydrogens is 465 g/mol. The van der Waals surface area contributed by atoms with Crippen molar-refractivity contribution in [3.05, 3.63) is 0 Å². The number of phosphoric acid groups is 1. The Hall–Kier alpha value is -0.0100. The van der Waals surface area contributed by atoms with Gasteiger partial charge < -0.3 is 19.3 Å². The molecule has 0 fully saturated rings. The monoisotopic (exact) mass is 523 g/mol. The highest BCUT2D eigenvalue weighted by atomic mass is 31.2. The first-order valence-electron chi connectivity index (χ1n) is 14.3. The summed E-state index contributed by atoms with van der Waals surface area (Å²) in [5.74, 6) is 0. The molecule has 0 saturated carbocycles. The van der Waals surface area contributed by atoms with E-state index in [2.05, 4.69) is 6.92 Å². The highest BCUT2D eigenvalue weighted by molar-refractivity contribution is 7.47. The molecule has 0 aromatic carbocycles. The van der Waals surface area contributed by atoms with Crippen LogP contribution in [0.4, 0.5) is 0 Å². The predicted molar refractivity (Wildman–Crippen MR) is 146 cm³/mol. The average molecular weight is 524 g/mol. The summed E-state index contributed by atoms with van der Waals surface area (Å²) < 4.78 is 32.8. The normalized spacial score (nSPS) is 14.5. The van der Waals surface area contributed by atoms with Gasteiger partial charge in [-0.1, -0.05) is 110 Å². The first kappa shape index (κ1) is 35.0. The van der Waals surface area contributed by atoms with Gasteiger partial charge in [-0.25, -0.2) is 4.57 Å². The van der Waals surface area contributed by atoms with Crippen molar-refractivity contribution in [1.82, 2.24) is 4.90 Å². The standard InChI is InChI=1S/C27H58NO6P/c1-5-6-7-8-9-10-11-12-13-14-15-16-17-18-19-20-21-23-32-25-27(31-4)26-34-35(29,30)33-24-22-28(2)3/h27H,5-26H2,1-4H3,(H,29,30). The number of nitrogens with zero attached hydrogens (tertiary/aromatic N) is 1. The van der Waals surface area contributed by atoms with Gasteiger partial charge in [-0.15, -0.1) is 0 Å². The van der Waals surface area contributed by atoms with Gasteiger partial charge in [-0.05, 0) is 20.5 Å². The Balaban J connectivity index is 3.41. The predicted octanol–water partition coefficient (Wildman–Crippen LogP) is 7.36. The fraction of sp³-hybridized carbons (Fsp3) is 1.00. The molecule has 0 bridgehead atoms. The summed E-state index contributed by atoms with van der Waals surface area (Å²) in [7, 11) is 1.22. The van der Waals surface area contributed by atoms with Crippen molar-refractivity contribution in [2.24, 2.45) is 0 Å². The molecule has 0 spiro atoms. The second kappa shape index (κ2) is 25.6. The van der Waals surface area contributed by atoms with Gasteiger partial charge in [-0.3, -0.25) is 9.05 Å². The molecule has 212 valence electrons. The fourth-order valence-corrected chi connectivity index (χ4v) is 4.62. The highest BCUT2D eigenvalue weighted by Crippen LogP contribution is 2.43. The van der Waals surface area contributed by atoms with Crippen LogP contribution in [0.1, 0.15) is 116 Å². The molecule has 0 saturated heterocycles. The first-order chi connectivity index (χ1) is 16.9. The van der Waals surface area contributed by atoms with Gasteiger partial charge >= 0.3 is 7.82 Å². The lowest BCUT2D eigenvalue weighted by Gasteiger charge is -2.18. The molecule has 0 aromatic rings. The average Bonchev–Trinajstić information content (AvgIpc) is 2.82. The summed E-state index contributed by atoms with van der Waals surface area (Å²) >= 11 is 0. The lowest BCUT2D eigenvalue weighted by atomic mass is 10.0. The van der Waals surface area contributed by atoms with Crippen LogP contribution >= 0.6 is 7.82 Å². The van der Waals surface area contributed by atoms with Crippen molar-refractivity contribution in [2.45, 2.75) is 122 Å². The Morgan fingerprint density at radius 1 is 0.686 bits per heavy atom. The number of unbranched alkanes of at least 4 members (excludes halogenated alkanes) is 16. The van der Waals surface area contributed by atoms with E-state index >= 15 is 0 Å². The minimum Gasteiger partial charge on any atom is -0.379 e. The second-order valence-corrected chi connectivity index (χ2v) is 11.4. The molecule has 0 aliphatic carbocycles. The quantitative estimate of drug-likeness (QED) is 0.0847.